The van der Waals surface area contributed by atoms with Gasteiger partial charge in [-0.2, -0.15) is 0 Å². The van der Waals surface area contributed by atoms with Gasteiger partial charge in [0.2, 0.25) is 0 Å². The molecule has 0 aliphatic heterocycles. The molecule has 0 radical (unpaired) electrons. The van der Waals surface area contributed by atoms with E-state index in [9.17, 15) is 5.11 Å². The number of pyridine rings is 1. The molecule has 20 heavy (non-hydrogen) atoms. The quantitative estimate of drug-likeness (QED) is 0.894. The van der Waals surface area contributed by atoms with Gasteiger partial charge in [0.15, 0.2) is 0 Å². The molecule has 1 saturated carbocycles. The van der Waals surface area contributed by atoms with Crippen molar-refractivity contribution in [3.63, 3.8) is 0 Å². The number of fused-ring (bicyclic) bond motifs is 1. The third kappa shape index (κ3) is 2.88. The Morgan fingerprint density at radius 3 is 2.95 bits per heavy atom. The van der Waals surface area contributed by atoms with E-state index in [1.807, 2.05) is 6.07 Å². The summed E-state index contributed by atoms with van der Waals surface area (Å²) in [5.41, 5.74) is 0.817. The lowest BCUT2D eigenvalue weighted by Gasteiger charge is -2.26. The van der Waals surface area contributed by atoms with E-state index in [2.05, 4.69) is 20.3 Å². The van der Waals surface area contributed by atoms with Crippen LogP contribution in [0.2, 0.25) is 0 Å². The fourth-order valence-corrected chi connectivity index (χ4v) is 2.94. The van der Waals surface area contributed by atoms with Crippen molar-refractivity contribution < 1.29 is 5.11 Å². The topological polar surface area (TPSA) is 70.9 Å². The molecule has 106 valence electrons. The van der Waals surface area contributed by atoms with Crippen molar-refractivity contribution in [3.05, 3.63) is 24.8 Å². The smallest absolute Gasteiger partial charge is 0.137 e. The summed E-state index contributed by atoms with van der Waals surface area (Å²) in [5.74, 6) is 1.19. The standard InChI is InChI=1S/C15H20N4O/c20-14(11-4-2-1-3-5-11)9-17-15-12-6-7-16-8-13(12)18-10-19-15/h6-8,10-11,14,20H,1-5,9H2,(H,17,18,19). The maximum Gasteiger partial charge on any atom is 0.137 e. The van der Waals surface area contributed by atoms with Gasteiger partial charge in [0.25, 0.3) is 0 Å². The summed E-state index contributed by atoms with van der Waals surface area (Å²) in [4.78, 5) is 12.5. The lowest BCUT2D eigenvalue weighted by Crippen LogP contribution is -2.30. The van der Waals surface area contributed by atoms with E-state index in [1.54, 1.807) is 12.4 Å². The summed E-state index contributed by atoms with van der Waals surface area (Å²) in [6.07, 6.45) is 10.7. The van der Waals surface area contributed by atoms with Gasteiger partial charge in [0, 0.05) is 18.1 Å². The van der Waals surface area contributed by atoms with Crippen LogP contribution >= 0.6 is 0 Å². The van der Waals surface area contributed by atoms with Crippen molar-refractivity contribution in [1.82, 2.24) is 15.0 Å². The molecule has 2 aromatic rings. The zero-order chi connectivity index (χ0) is 13.8. The van der Waals surface area contributed by atoms with Gasteiger partial charge >= 0.3 is 0 Å². The molecule has 0 saturated heterocycles. The molecule has 1 unspecified atom stereocenters. The maximum atomic E-state index is 10.3. The monoisotopic (exact) mass is 272 g/mol. The van der Waals surface area contributed by atoms with Crippen LogP contribution in [0.4, 0.5) is 5.82 Å². The van der Waals surface area contributed by atoms with Crippen LogP contribution in [0, 0.1) is 5.92 Å². The first-order valence-corrected chi connectivity index (χ1v) is 7.31. The van der Waals surface area contributed by atoms with Crippen LogP contribution in [0.1, 0.15) is 32.1 Å². The number of aromatic nitrogens is 3. The van der Waals surface area contributed by atoms with Gasteiger partial charge in [-0.15, -0.1) is 0 Å². The number of hydrogen-bond donors (Lipinski definition) is 2. The van der Waals surface area contributed by atoms with Crippen LogP contribution in [0.5, 0.6) is 0 Å². The highest BCUT2D eigenvalue weighted by atomic mass is 16.3. The average Bonchev–Trinajstić information content (AvgIpc) is 2.53. The van der Waals surface area contributed by atoms with E-state index in [0.717, 1.165) is 29.6 Å². The minimum Gasteiger partial charge on any atom is -0.391 e. The second kappa shape index (κ2) is 6.13. The summed E-state index contributed by atoms with van der Waals surface area (Å²) in [6.45, 7) is 0.541. The molecule has 1 aliphatic carbocycles. The van der Waals surface area contributed by atoms with Crippen molar-refractivity contribution in [1.29, 1.82) is 0 Å². The van der Waals surface area contributed by atoms with Crippen LogP contribution in [0.3, 0.4) is 0 Å². The minimum absolute atomic E-state index is 0.304. The van der Waals surface area contributed by atoms with Crippen LogP contribution in [-0.2, 0) is 0 Å². The molecular weight excluding hydrogens is 252 g/mol. The van der Waals surface area contributed by atoms with Crippen LogP contribution < -0.4 is 5.32 Å². The zero-order valence-electron chi connectivity index (χ0n) is 11.5. The van der Waals surface area contributed by atoms with E-state index in [-0.39, 0.29) is 6.10 Å². The molecule has 0 bridgehead atoms. The molecule has 1 atom stereocenters. The zero-order valence-corrected chi connectivity index (χ0v) is 11.5. The second-order valence-electron chi connectivity index (χ2n) is 5.46. The Bertz CT molecular complexity index is 563. The molecule has 2 aromatic heterocycles. The van der Waals surface area contributed by atoms with Gasteiger partial charge < -0.3 is 10.4 Å². The SMILES string of the molecule is OC(CNc1ncnc2cnccc12)C1CCCCC1. The van der Waals surface area contributed by atoms with Crippen molar-refractivity contribution >= 4 is 16.7 Å². The van der Waals surface area contributed by atoms with Gasteiger partial charge in [-0.25, -0.2) is 9.97 Å². The average molecular weight is 272 g/mol. The summed E-state index contributed by atoms with van der Waals surface area (Å²) in [7, 11) is 0. The first kappa shape index (κ1) is 13.2. The van der Waals surface area contributed by atoms with E-state index in [0.29, 0.717) is 12.5 Å². The summed E-state index contributed by atoms with van der Waals surface area (Å²) < 4.78 is 0. The molecule has 5 nitrogen and oxygen atoms in total. The Hall–Kier alpha value is -1.75. The normalized spacial score (nSPS) is 18.1. The Kier molecular flexibility index (Phi) is 4.06. The highest BCUT2D eigenvalue weighted by molar-refractivity contribution is 5.87. The van der Waals surface area contributed by atoms with Gasteiger partial charge in [0.1, 0.15) is 12.1 Å². The van der Waals surface area contributed by atoms with Crippen molar-refractivity contribution in [2.24, 2.45) is 5.92 Å². The van der Waals surface area contributed by atoms with Crippen molar-refractivity contribution in [2.45, 2.75) is 38.2 Å². The molecular formula is C15H20N4O. The lowest BCUT2D eigenvalue weighted by molar-refractivity contribution is 0.0956. The van der Waals surface area contributed by atoms with Gasteiger partial charge in [0.05, 0.1) is 17.8 Å². The maximum absolute atomic E-state index is 10.3. The Morgan fingerprint density at radius 1 is 1.25 bits per heavy atom. The molecule has 0 aromatic carbocycles. The Morgan fingerprint density at radius 2 is 2.10 bits per heavy atom. The molecule has 0 amide bonds. The molecule has 0 spiro atoms. The number of nitrogens with one attached hydrogen (secondary N) is 1. The van der Waals surface area contributed by atoms with Crippen LogP contribution in [-0.4, -0.2) is 32.7 Å². The second-order valence-corrected chi connectivity index (χ2v) is 5.46. The number of aliphatic hydroxyl groups excluding tert-OH is 1. The predicted octanol–water partition coefficient (Wildman–Crippen LogP) is 2.38. The third-order valence-corrected chi connectivity index (χ3v) is 4.11. The van der Waals surface area contributed by atoms with Crippen LogP contribution in [0.15, 0.2) is 24.8 Å². The number of hydrogen-bond acceptors (Lipinski definition) is 5. The number of rotatable bonds is 4. The summed E-state index contributed by atoms with van der Waals surface area (Å²) in [5, 5.41) is 14.5. The Balaban J connectivity index is 1.67. The Labute approximate surface area is 118 Å². The van der Waals surface area contributed by atoms with Gasteiger partial charge in [-0.05, 0) is 24.8 Å². The highest BCUT2D eigenvalue weighted by Crippen LogP contribution is 2.27. The molecule has 1 aliphatic rings. The van der Waals surface area contributed by atoms with E-state index < -0.39 is 0 Å². The summed E-state index contributed by atoms with van der Waals surface area (Å²) in [6, 6.07) is 1.89. The van der Waals surface area contributed by atoms with Crippen molar-refractivity contribution in [3.8, 4) is 0 Å². The fourth-order valence-electron chi connectivity index (χ4n) is 2.94. The number of anilines is 1. The number of nitrogens with zero attached hydrogens (tertiary/aromatic N) is 3. The van der Waals surface area contributed by atoms with Gasteiger partial charge in [-0.3, -0.25) is 4.98 Å². The van der Waals surface area contributed by atoms with Gasteiger partial charge in [-0.1, -0.05) is 19.3 Å². The minimum atomic E-state index is -0.304. The molecule has 2 heterocycles. The molecule has 2 N–H and O–H groups in total. The third-order valence-electron chi connectivity index (χ3n) is 4.11. The molecule has 5 heteroatoms. The summed E-state index contributed by atoms with van der Waals surface area (Å²) >= 11 is 0. The van der Waals surface area contributed by atoms with E-state index in [4.69, 9.17) is 0 Å². The fraction of sp³-hybridized carbons (Fsp3) is 0.533. The van der Waals surface area contributed by atoms with E-state index in [1.165, 1.54) is 25.6 Å². The highest BCUT2D eigenvalue weighted by Gasteiger charge is 2.21. The lowest BCUT2D eigenvalue weighted by atomic mass is 9.85. The van der Waals surface area contributed by atoms with E-state index >= 15 is 0 Å². The number of aliphatic hydroxyl groups is 1. The van der Waals surface area contributed by atoms with Crippen LogP contribution in [0.25, 0.3) is 10.9 Å². The van der Waals surface area contributed by atoms with Crippen molar-refractivity contribution in [2.75, 3.05) is 11.9 Å². The molecule has 3 rings (SSSR count). The predicted molar refractivity (Wildman–Crippen MR) is 78.4 cm³/mol. The first-order valence-electron chi connectivity index (χ1n) is 7.31. The largest absolute Gasteiger partial charge is 0.391 e. The first-order chi connectivity index (χ1) is 9.84. The molecule has 1 fully saturated rings.